The van der Waals surface area contributed by atoms with Gasteiger partial charge in [0.15, 0.2) is 11.6 Å². The van der Waals surface area contributed by atoms with Gasteiger partial charge >= 0.3 is 0 Å². The van der Waals surface area contributed by atoms with Gasteiger partial charge in [0.25, 0.3) is 5.91 Å². The number of hydrogen-bond donors (Lipinski definition) is 0. The second-order valence-corrected chi connectivity index (χ2v) is 5.11. The molecule has 0 bridgehead atoms. The molecule has 24 heavy (non-hydrogen) atoms. The minimum absolute atomic E-state index is 0.238. The molecule has 0 fully saturated rings. The molecule has 0 radical (unpaired) electrons. The molecule has 0 unspecified atom stereocenters. The van der Waals surface area contributed by atoms with E-state index in [1.54, 1.807) is 31.3 Å². The van der Waals surface area contributed by atoms with Crippen molar-refractivity contribution in [3.63, 3.8) is 0 Å². The lowest BCUT2D eigenvalue weighted by Crippen LogP contribution is -2.27. The fraction of sp³-hybridized carbons (Fsp3) is 0.111. The van der Waals surface area contributed by atoms with Crippen LogP contribution < -0.4 is 9.80 Å². The average molecular weight is 330 g/mol. The van der Waals surface area contributed by atoms with Gasteiger partial charge in [0.1, 0.15) is 0 Å². The molecule has 2 amide bonds. The van der Waals surface area contributed by atoms with Crippen molar-refractivity contribution < 1.29 is 18.4 Å². The molecule has 0 aliphatic carbocycles. The smallest absolute Gasteiger partial charge is 0.258 e. The highest BCUT2D eigenvalue weighted by atomic mass is 19.2. The minimum atomic E-state index is -1.02. The Kier molecular flexibility index (Phi) is 5.08. The number of anilines is 2. The molecule has 2 aromatic carbocycles. The number of rotatable bonds is 4. The fourth-order valence-electron chi connectivity index (χ4n) is 2.10. The zero-order valence-electron chi connectivity index (χ0n) is 13.3. The Bertz CT molecular complexity index is 788. The molecule has 124 valence electrons. The predicted molar refractivity (Wildman–Crippen MR) is 89.1 cm³/mol. The highest BCUT2D eigenvalue weighted by molar-refractivity contribution is 6.06. The maximum Gasteiger partial charge on any atom is 0.258 e. The number of carbonyl (C=O) groups excluding carboxylic acids is 2. The van der Waals surface area contributed by atoms with Gasteiger partial charge in [-0.25, -0.2) is 8.78 Å². The van der Waals surface area contributed by atoms with Gasteiger partial charge in [-0.1, -0.05) is 6.58 Å². The molecule has 4 nitrogen and oxygen atoms in total. The first kappa shape index (κ1) is 17.3. The van der Waals surface area contributed by atoms with E-state index in [1.165, 1.54) is 29.0 Å². The summed E-state index contributed by atoms with van der Waals surface area (Å²) in [5.41, 5.74) is 1.19. The number of carbonyl (C=O) groups is 2. The third kappa shape index (κ3) is 3.48. The van der Waals surface area contributed by atoms with Crippen LogP contribution >= 0.6 is 0 Å². The first-order valence-corrected chi connectivity index (χ1v) is 7.08. The number of nitrogens with zero attached hydrogens (tertiary/aromatic N) is 2. The van der Waals surface area contributed by atoms with Gasteiger partial charge < -0.3 is 9.80 Å². The quantitative estimate of drug-likeness (QED) is 0.806. The van der Waals surface area contributed by atoms with Gasteiger partial charge in [0.05, 0.1) is 0 Å². The Balaban J connectivity index is 2.21. The van der Waals surface area contributed by atoms with E-state index in [0.29, 0.717) is 11.3 Å². The van der Waals surface area contributed by atoms with Crippen LogP contribution in [0.1, 0.15) is 10.4 Å². The summed E-state index contributed by atoms with van der Waals surface area (Å²) in [5, 5.41) is 0. The number of hydrogen-bond acceptors (Lipinski definition) is 2. The van der Waals surface area contributed by atoms with Crippen LogP contribution in [-0.4, -0.2) is 25.9 Å². The molecule has 2 aromatic rings. The van der Waals surface area contributed by atoms with E-state index in [9.17, 15) is 18.4 Å². The van der Waals surface area contributed by atoms with Crippen molar-refractivity contribution in [1.29, 1.82) is 0 Å². The molecule has 0 aromatic heterocycles. The van der Waals surface area contributed by atoms with Crippen LogP contribution in [0.15, 0.2) is 55.1 Å². The van der Waals surface area contributed by atoms with E-state index in [-0.39, 0.29) is 17.5 Å². The van der Waals surface area contributed by atoms with Crippen molar-refractivity contribution >= 4 is 23.2 Å². The topological polar surface area (TPSA) is 40.6 Å². The Labute approximate surface area is 138 Å². The molecule has 0 N–H and O–H groups in total. The van der Waals surface area contributed by atoms with Crippen molar-refractivity contribution in [3.8, 4) is 0 Å². The van der Waals surface area contributed by atoms with Crippen molar-refractivity contribution in [2.45, 2.75) is 0 Å². The van der Waals surface area contributed by atoms with Crippen LogP contribution in [0, 0.1) is 11.6 Å². The van der Waals surface area contributed by atoms with E-state index >= 15 is 0 Å². The van der Waals surface area contributed by atoms with Crippen LogP contribution in [0.5, 0.6) is 0 Å². The molecule has 0 spiro atoms. The average Bonchev–Trinajstić information content (AvgIpc) is 2.61. The fourth-order valence-corrected chi connectivity index (χ4v) is 2.10. The molecular formula is C18H16F2N2O2. The molecule has 0 heterocycles. The van der Waals surface area contributed by atoms with Crippen LogP contribution in [0.4, 0.5) is 20.2 Å². The standard InChI is InChI=1S/C18H16F2N2O2/c1-4-17(23)21(2)13-7-5-12(6-8-13)18(24)22(3)14-9-10-15(19)16(20)11-14/h4-11H,1H2,2-3H3. The second kappa shape index (κ2) is 7.04. The van der Waals surface area contributed by atoms with Gasteiger partial charge in [-0.05, 0) is 42.5 Å². The zero-order chi connectivity index (χ0) is 17.9. The van der Waals surface area contributed by atoms with Gasteiger partial charge in [0.2, 0.25) is 5.91 Å². The summed E-state index contributed by atoms with van der Waals surface area (Å²) < 4.78 is 26.3. The third-order valence-corrected chi connectivity index (χ3v) is 3.60. The minimum Gasteiger partial charge on any atom is -0.312 e. The monoisotopic (exact) mass is 330 g/mol. The number of amides is 2. The van der Waals surface area contributed by atoms with Crippen LogP contribution in [0.25, 0.3) is 0 Å². The van der Waals surface area contributed by atoms with Gasteiger partial charge in [-0.2, -0.15) is 0 Å². The molecule has 0 aliphatic heterocycles. The summed E-state index contributed by atoms with van der Waals surface area (Å²) in [6, 6.07) is 9.59. The van der Waals surface area contributed by atoms with Gasteiger partial charge in [-0.3, -0.25) is 9.59 Å². The van der Waals surface area contributed by atoms with Gasteiger partial charge in [-0.15, -0.1) is 0 Å². The van der Waals surface area contributed by atoms with Crippen molar-refractivity contribution in [2.75, 3.05) is 23.9 Å². The highest BCUT2D eigenvalue weighted by Crippen LogP contribution is 2.20. The molecule has 6 heteroatoms. The summed E-state index contributed by atoms with van der Waals surface area (Å²) in [4.78, 5) is 26.6. The second-order valence-electron chi connectivity index (χ2n) is 5.11. The van der Waals surface area contributed by atoms with E-state index in [2.05, 4.69) is 6.58 Å². The van der Waals surface area contributed by atoms with E-state index in [4.69, 9.17) is 0 Å². The van der Waals surface area contributed by atoms with E-state index in [0.717, 1.165) is 12.1 Å². The van der Waals surface area contributed by atoms with Crippen molar-refractivity contribution in [2.24, 2.45) is 0 Å². The Morgan fingerprint density at radius 3 is 2.04 bits per heavy atom. The molecule has 2 rings (SSSR count). The summed E-state index contributed by atoms with van der Waals surface area (Å²) in [7, 11) is 3.06. The normalized spacial score (nSPS) is 10.2. The lowest BCUT2D eigenvalue weighted by molar-refractivity contribution is -0.113. The lowest BCUT2D eigenvalue weighted by Gasteiger charge is -2.19. The number of benzene rings is 2. The Hall–Kier alpha value is -3.02. The molecule has 0 saturated carbocycles. The summed E-state index contributed by atoms with van der Waals surface area (Å²) in [6.45, 7) is 3.41. The molecule has 0 atom stereocenters. The molecule has 0 aliphatic rings. The zero-order valence-corrected chi connectivity index (χ0v) is 13.3. The summed E-state index contributed by atoms with van der Waals surface area (Å²) >= 11 is 0. The maximum atomic E-state index is 13.3. The van der Waals surface area contributed by atoms with Crippen molar-refractivity contribution in [1.82, 2.24) is 0 Å². The third-order valence-electron chi connectivity index (χ3n) is 3.60. The Morgan fingerprint density at radius 1 is 0.917 bits per heavy atom. The largest absolute Gasteiger partial charge is 0.312 e. The maximum absolute atomic E-state index is 13.3. The number of likely N-dealkylation sites (N-methyl/N-ethyl adjacent to an activating group) is 1. The van der Waals surface area contributed by atoms with Crippen LogP contribution in [0.3, 0.4) is 0 Å². The predicted octanol–water partition coefficient (Wildman–Crippen LogP) is 3.39. The van der Waals surface area contributed by atoms with Gasteiger partial charge in [0, 0.05) is 37.1 Å². The first-order valence-electron chi connectivity index (χ1n) is 7.08. The molecular weight excluding hydrogens is 314 g/mol. The van der Waals surface area contributed by atoms with Crippen molar-refractivity contribution in [3.05, 3.63) is 72.3 Å². The van der Waals surface area contributed by atoms with E-state index in [1.807, 2.05) is 0 Å². The molecule has 0 saturated heterocycles. The van der Waals surface area contributed by atoms with Crippen LogP contribution in [0.2, 0.25) is 0 Å². The highest BCUT2D eigenvalue weighted by Gasteiger charge is 2.16. The summed E-state index contributed by atoms with van der Waals surface area (Å²) in [6.07, 6.45) is 1.19. The SMILES string of the molecule is C=CC(=O)N(C)c1ccc(C(=O)N(C)c2ccc(F)c(F)c2)cc1. The lowest BCUT2D eigenvalue weighted by atomic mass is 10.1. The first-order chi connectivity index (χ1) is 11.3. The van der Waals surface area contributed by atoms with Crippen LogP contribution in [-0.2, 0) is 4.79 Å². The van der Waals surface area contributed by atoms with E-state index < -0.39 is 11.6 Å². The Morgan fingerprint density at radius 2 is 1.50 bits per heavy atom. The summed E-state index contributed by atoms with van der Waals surface area (Å²) in [5.74, 6) is -2.65. The number of halogens is 2.